The highest BCUT2D eigenvalue weighted by Gasteiger charge is 2.34. The first-order valence-electron chi connectivity index (χ1n) is 5.92. The van der Waals surface area contributed by atoms with Gasteiger partial charge in [-0.15, -0.1) is 0 Å². The molecular weight excluding hydrogens is 400 g/mol. The molecule has 0 aromatic heterocycles. The van der Waals surface area contributed by atoms with Gasteiger partial charge in [-0.25, -0.2) is 0 Å². The molecule has 4 nitrogen and oxygen atoms in total. The lowest BCUT2D eigenvalue weighted by atomic mass is 10.2. The summed E-state index contributed by atoms with van der Waals surface area (Å²) in [6.45, 7) is -2.08. The molecule has 0 aliphatic carbocycles. The van der Waals surface area contributed by atoms with Crippen LogP contribution in [-0.4, -0.2) is 55.0 Å². The van der Waals surface area contributed by atoms with Gasteiger partial charge in [-0.2, -0.15) is 13.2 Å². The molecule has 1 aromatic carbocycles. The molecule has 0 aliphatic rings. The Balaban J connectivity index is 3.00. The molecule has 0 heterocycles. The first kappa shape index (κ1) is 17.7. The molecule has 0 spiro atoms. The van der Waals surface area contributed by atoms with Gasteiger partial charge in [-0.3, -0.25) is 9.59 Å². The van der Waals surface area contributed by atoms with Crippen LogP contribution in [0.5, 0.6) is 0 Å². The fourth-order valence-electron chi connectivity index (χ4n) is 1.52. The molecule has 0 unspecified atom stereocenters. The van der Waals surface area contributed by atoms with Crippen LogP contribution in [0.1, 0.15) is 10.4 Å². The Morgan fingerprint density at radius 3 is 2.33 bits per heavy atom. The van der Waals surface area contributed by atoms with Crippen molar-refractivity contribution in [1.29, 1.82) is 0 Å². The fraction of sp³-hybridized carbons (Fsp3) is 0.385. The molecule has 0 fully saturated rings. The lowest BCUT2D eigenvalue weighted by Crippen LogP contribution is -2.44. The summed E-state index contributed by atoms with van der Waals surface area (Å²) in [7, 11) is 2.84. The number of nitrogens with zero attached hydrogens (tertiary/aromatic N) is 2. The van der Waals surface area contributed by atoms with Crippen molar-refractivity contribution in [3.8, 4) is 0 Å². The van der Waals surface area contributed by atoms with Crippen LogP contribution in [0.25, 0.3) is 0 Å². The second-order valence-corrected chi connectivity index (χ2v) is 5.82. The summed E-state index contributed by atoms with van der Waals surface area (Å²) in [4.78, 5) is 25.4. The Hall–Kier alpha value is -1.32. The number of benzene rings is 1. The molecule has 0 N–H and O–H groups in total. The minimum absolute atomic E-state index is 0.123. The zero-order valence-corrected chi connectivity index (χ0v) is 13.6. The van der Waals surface area contributed by atoms with Crippen LogP contribution < -0.4 is 0 Å². The van der Waals surface area contributed by atoms with Gasteiger partial charge >= 0.3 is 6.18 Å². The average molecular weight is 414 g/mol. The molecule has 0 atom stereocenters. The third kappa shape index (κ3) is 5.90. The van der Waals surface area contributed by atoms with Crippen molar-refractivity contribution in [2.75, 3.05) is 27.2 Å². The highest BCUT2D eigenvalue weighted by atomic mass is 127. The molecule has 21 heavy (non-hydrogen) atoms. The van der Waals surface area contributed by atoms with Crippen molar-refractivity contribution in [3.63, 3.8) is 0 Å². The number of likely N-dealkylation sites (N-methyl/N-ethyl adjacent to an activating group) is 1. The van der Waals surface area contributed by atoms with Crippen molar-refractivity contribution < 1.29 is 22.8 Å². The van der Waals surface area contributed by atoms with E-state index in [0.29, 0.717) is 4.90 Å². The van der Waals surface area contributed by atoms with E-state index in [4.69, 9.17) is 0 Å². The SMILES string of the molecule is CN(C)C(=O)CN(CC(F)(F)F)C(=O)c1cccc(I)c1. The Labute approximate surface area is 134 Å². The van der Waals surface area contributed by atoms with Gasteiger partial charge in [0.25, 0.3) is 5.91 Å². The maximum absolute atomic E-state index is 12.6. The van der Waals surface area contributed by atoms with Gasteiger partial charge < -0.3 is 9.80 Å². The van der Waals surface area contributed by atoms with Crippen LogP contribution in [0.15, 0.2) is 24.3 Å². The molecule has 0 radical (unpaired) electrons. The lowest BCUT2D eigenvalue weighted by Gasteiger charge is -2.25. The van der Waals surface area contributed by atoms with Crippen molar-refractivity contribution in [2.45, 2.75) is 6.18 Å². The topological polar surface area (TPSA) is 40.6 Å². The summed E-state index contributed by atoms with van der Waals surface area (Å²) in [5.74, 6) is -1.39. The number of hydrogen-bond acceptors (Lipinski definition) is 2. The van der Waals surface area contributed by atoms with Gasteiger partial charge in [-0.05, 0) is 40.8 Å². The minimum Gasteiger partial charge on any atom is -0.347 e. The van der Waals surface area contributed by atoms with Crippen LogP contribution in [0, 0.1) is 3.57 Å². The van der Waals surface area contributed by atoms with Crippen LogP contribution in [0.4, 0.5) is 13.2 Å². The van der Waals surface area contributed by atoms with Crippen LogP contribution in [-0.2, 0) is 4.79 Å². The summed E-state index contributed by atoms with van der Waals surface area (Å²) >= 11 is 1.96. The summed E-state index contributed by atoms with van der Waals surface area (Å²) < 4.78 is 38.5. The Bertz CT molecular complexity index is 532. The van der Waals surface area contributed by atoms with Gasteiger partial charge in [0.15, 0.2) is 0 Å². The number of rotatable bonds is 4. The molecule has 8 heteroatoms. The van der Waals surface area contributed by atoms with Crippen LogP contribution >= 0.6 is 22.6 Å². The smallest absolute Gasteiger partial charge is 0.347 e. The second-order valence-electron chi connectivity index (χ2n) is 4.57. The second kappa shape index (κ2) is 7.10. The Morgan fingerprint density at radius 2 is 1.86 bits per heavy atom. The van der Waals surface area contributed by atoms with Gasteiger partial charge in [0.1, 0.15) is 13.1 Å². The Morgan fingerprint density at radius 1 is 1.24 bits per heavy atom. The lowest BCUT2D eigenvalue weighted by molar-refractivity contribution is -0.146. The van der Waals surface area contributed by atoms with E-state index in [1.54, 1.807) is 12.1 Å². The van der Waals surface area contributed by atoms with Crippen LogP contribution in [0.2, 0.25) is 0 Å². The van der Waals surface area contributed by atoms with E-state index in [1.165, 1.54) is 26.2 Å². The standard InChI is InChI=1S/C13H14F3IN2O2/c1-18(2)11(20)7-19(8-13(14,15)16)12(21)9-4-3-5-10(17)6-9/h3-6H,7-8H2,1-2H3. The quantitative estimate of drug-likeness (QED) is 0.711. The van der Waals surface area contributed by atoms with Crippen molar-refractivity contribution in [1.82, 2.24) is 9.80 Å². The maximum atomic E-state index is 12.6. The molecule has 1 aromatic rings. The minimum atomic E-state index is -4.57. The number of halogens is 4. The third-order valence-electron chi connectivity index (χ3n) is 2.55. The van der Waals surface area contributed by atoms with E-state index >= 15 is 0 Å². The van der Waals surface area contributed by atoms with Gasteiger partial charge in [0.05, 0.1) is 0 Å². The summed E-state index contributed by atoms with van der Waals surface area (Å²) in [6, 6.07) is 6.20. The average Bonchev–Trinajstić information content (AvgIpc) is 2.35. The maximum Gasteiger partial charge on any atom is 0.406 e. The summed E-state index contributed by atoms with van der Waals surface area (Å²) in [5, 5.41) is 0. The zero-order valence-electron chi connectivity index (χ0n) is 11.4. The summed E-state index contributed by atoms with van der Waals surface area (Å²) in [5.41, 5.74) is 0.123. The van der Waals surface area contributed by atoms with Crippen molar-refractivity contribution in [2.24, 2.45) is 0 Å². The van der Waals surface area contributed by atoms with E-state index in [0.717, 1.165) is 8.47 Å². The van der Waals surface area contributed by atoms with E-state index in [1.807, 2.05) is 22.6 Å². The molecule has 0 saturated carbocycles. The van der Waals surface area contributed by atoms with E-state index in [9.17, 15) is 22.8 Å². The van der Waals surface area contributed by atoms with Gasteiger partial charge in [-0.1, -0.05) is 6.07 Å². The van der Waals surface area contributed by atoms with Gasteiger partial charge in [0.2, 0.25) is 5.91 Å². The largest absolute Gasteiger partial charge is 0.406 e. The van der Waals surface area contributed by atoms with Crippen molar-refractivity contribution in [3.05, 3.63) is 33.4 Å². The first-order chi connectivity index (χ1) is 9.60. The Kier molecular flexibility index (Phi) is 5.99. The van der Waals surface area contributed by atoms with E-state index < -0.39 is 31.1 Å². The highest BCUT2D eigenvalue weighted by molar-refractivity contribution is 14.1. The van der Waals surface area contributed by atoms with Crippen molar-refractivity contribution >= 4 is 34.4 Å². The molecule has 0 aliphatic heterocycles. The molecule has 116 valence electrons. The van der Waals surface area contributed by atoms with E-state index in [-0.39, 0.29) is 5.56 Å². The molecule has 2 amide bonds. The molecule has 0 saturated heterocycles. The number of hydrogen-bond donors (Lipinski definition) is 0. The summed E-state index contributed by atoms with van der Waals surface area (Å²) in [6.07, 6.45) is -4.57. The molecule has 1 rings (SSSR count). The highest BCUT2D eigenvalue weighted by Crippen LogP contribution is 2.19. The number of amides is 2. The molecular formula is C13H14F3IN2O2. The number of carbonyl (C=O) groups excluding carboxylic acids is 2. The number of alkyl halides is 3. The molecule has 0 bridgehead atoms. The third-order valence-corrected chi connectivity index (χ3v) is 3.22. The van der Waals surface area contributed by atoms with Gasteiger partial charge in [0, 0.05) is 23.2 Å². The predicted molar refractivity (Wildman–Crippen MR) is 79.8 cm³/mol. The van der Waals surface area contributed by atoms with E-state index in [2.05, 4.69) is 0 Å². The fourth-order valence-corrected chi connectivity index (χ4v) is 2.07. The van der Waals surface area contributed by atoms with Crippen LogP contribution in [0.3, 0.4) is 0 Å². The normalized spacial score (nSPS) is 11.1. The number of carbonyl (C=O) groups is 2. The first-order valence-corrected chi connectivity index (χ1v) is 7.00. The zero-order chi connectivity index (χ0) is 16.2. The monoisotopic (exact) mass is 414 g/mol. The predicted octanol–water partition coefficient (Wildman–Crippen LogP) is 2.38.